The maximum atomic E-state index is 0. The first-order valence-corrected chi connectivity index (χ1v) is 0. The number of hydrogen-bond acceptors (Lipinski definition) is 0. The standard InChI is InChI=1S/3BrH.2H3N/h3*1H;2*1H3/p-1. The van der Waals surface area contributed by atoms with Gasteiger partial charge in [0.2, 0.25) is 0 Å². The van der Waals surface area contributed by atoms with Gasteiger partial charge in [-0.15, -0.1) is 0 Å². The molecule has 0 aromatic rings. The Kier molecular flexibility index (Phi) is 1090. The molecule has 0 unspecified atom stereocenters. The van der Waals surface area contributed by atoms with E-state index in [1.807, 2.05) is 0 Å². The van der Waals surface area contributed by atoms with E-state index >= 15 is 0 Å². The summed E-state index contributed by atoms with van der Waals surface area (Å²) in [5.41, 5.74) is 0. The first kappa shape index (κ1) is 98.8. The molecule has 0 radical (unpaired) electrons. The third-order valence-electron chi connectivity index (χ3n) is 0. The molecule has 0 saturated carbocycles. The lowest BCUT2D eigenvalue weighted by molar-refractivity contribution is -0.00100. The summed E-state index contributed by atoms with van der Waals surface area (Å²) in [5.74, 6) is 0. The molecule has 0 amide bonds. The number of halogens is 3. The second-order valence-electron chi connectivity index (χ2n) is 0. The van der Waals surface area contributed by atoms with Crippen molar-refractivity contribution in [2.24, 2.45) is 0 Å². The Balaban J connectivity index is 0. The Morgan fingerprint density at radius 2 is 0.400 bits per heavy atom. The van der Waals surface area contributed by atoms with Crippen molar-refractivity contribution in [1.82, 2.24) is 12.3 Å². The highest BCUT2D eigenvalue weighted by Gasteiger charge is -0.368. The highest BCUT2D eigenvalue weighted by atomic mass is 79.9. The normalized spacial score (nSPS) is 0. The number of hydrogen-bond donors (Lipinski definition) is 2. The van der Waals surface area contributed by atoms with E-state index in [2.05, 4.69) is 0 Å². The Morgan fingerprint density at radius 3 is 0.400 bits per heavy atom. The SMILES string of the molecule is [Br-].[Br-].[Br-].[NH4+].[NH4+]. The minimum Gasteiger partial charge on any atom is -1.00 e. The van der Waals surface area contributed by atoms with Gasteiger partial charge in [0.15, 0.2) is 0 Å². The lowest BCUT2D eigenvalue weighted by Crippen LogP contribution is -3.00. The molecule has 0 aromatic heterocycles. The minimum atomic E-state index is 0. The quantitative estimate of drug-likeness (QED) is 0.441. The molecule has 0 atom stereocenters. The van der Waals surface area contributed by atoms with Crippen LogP contribution in [-0.4, -0.2) is 0 Å². The average molecular weight is 276 g/mol. The molecule has 40 valence electrons. The van der Waals surface area contributed by atoms with Gasteiger partial charge in [-0.3, -0.25) is 0 Å². The van der Waals surface area contributed by atoms with Crippen LogP contribution in [0.25, 0.3) is 0 Å². The van der Waals surface area contributed by atoms with Crippen LogP contribution in [0, 0.1) is 0 Å². The van der Waals surface area contributed by atoms with Gasteiger partial charge in [-0.1, -0.05) is 0 Å². The van der Waals surface area contributed by atoms with Crippen molar-refractivity contribution in [1.29, 1.82) is 0 Å². The molecule has 0 rings (SSSR count). The fraction of sp³-hybridized carbons (Fsp3) is 0. The van der Waals surface area contributed by atoms with Gasteiger partial charge in [-0.2, -0.15) is 0 Å². The van der Waals surface area contributed by atoms with Crippen LogP contribution in [-0.2, 0) is 0 Å². The molecule has 8 N–H and O–H groups in total. The van der Waals surface area contributed by atoms with E-state index in [-0.39, 0.29) is 63.2 Å². The largest absolute Gasteiger partial charge is 1.00 e. The van der Waals surface area contributed by atoms with Crippen molar-refractivity contribution in [2.75, 3.05) is 0 Å². The number of rotatable bonds is 0. The van der Waals surface area contributed by atoms with Gasteiger partial charge in [0.1, 0.15) is 0 Å². The summed E-state index contributed by atoms with van der Waals surface area (Å²) >= 11 is 0. The molecule has 0 fully saturated rings. The summed E-state index contributed by atoms with van der Waals surface area (Å²) in [6.07, 6.45) is 0. The van der Waals surface area contributed by atoms with Crippen LogP contribution in [0.5, 0.6) is 0 Å². The van der Waals surface area contributed by atoms with E-state index in [1.54, 1.807) is 0 Å². The first-order valence-electron chi connectivity index (χ1n) is 0. The molecule has 0 heterocycles. The Hall–Kier alpha value is 1.36. The van der Waals surface area contributed by atoms with Crippen molar-refractivity contribution < 1.29 is 50.9 Å². The summed E-state index contributed by atoms with van der Waals surface area (Å²) in [7, 11) is 0. The average Bonchev–Trinajstić information content (AvgIpc) is 0. The highest BCUT2D eigenvalue weighted by Crippen LogP contribution is -0.480. The molecule has 0 aliphatic heterocycles. The maximum Gasteiger partial charge on any atom is -0.369 e. The van der Waals surface area contributed by atoms with Crippen LogP contribution in [0.3, 0.4) is 0 Å². The van der Waals surface area contributed by atoms with Crippen LogP contribution in [0.1, 0.15) is 0 Å². The van der Waals surface area contributed by atoms with Crippen LogP contribution in [0.15, 0.2) is 0 Å². The van der Waals surface area contributed by atoms with Crippen LogP contribution in [0.2, 0.25) is 0 Å². The second kappa shape index (κ2) is 55.1. The molecule has 0 spiro atoms. The van der Waals surface area contributed by atoms with E-state index in [1.165, 1.54) is 0 Å². The smallest absolute Gasteiger partial charge is 0.369 e. The van der Waals surface area contributed by atoms with E-state index < -0.39 is 0 Å². The highest BCUT2D eigenvalue weighted by molar-refractivity contribution is 2.14. The zero-order chi connectivity index (χ0) is 0. The molecule has 0 aromatic carbocycles. The second-order valence-corrected chi connectivity index (χ2v) is 0. The lowest BCUT2D eigenvalue weighted by Gasteiger charge is -1.00. The van der Waals surface area contributed by atoms with Crippen molar-refractivity contribution in [3.8, 4) is 0 Å². The summed E-state index contributed by atoms with van der Waals surface area (Å²) in [4.78, 5) is 0. The van der Waals surface area contributed by atoms with Crippen molar-refractivity contribution in [3.05, 3.63) is 0 Å². The lowest BCUT2D eigenvalue weighted by atomic mass is 14.0. The van der Waals surface area contributed by atoms with Gasteiger partial charge in [0, 0.05) is 0 Å². The molecule has 0 aliphatic carbocycles. The molecular formula is H8Br3N2-. The monoisotopic (exact) mass is 273 g/mol. The van der Waals surface area contributed by atoms with Gasteiger partial charge >= 0.3 is 0 Å². The van der Waals surface area contributed by atoms with Gasteiger partial charge in [-0.05, 0) is 0 Å². The van der Waals surface area contributed by atoms with Gasteiger partial charge < -0.3 is 63.2 Å². The summed E-state index contributed by atoms with van der Waals surface area (Å²) < 4.78 is 0. The molecule has 0 saturated heterocycles. The molecule has 5 heavy (non-hydrogen) atoms. The van der Waals surface area contributed by atoms with Gasteiger partial charge in [-0.25, -0.2) is 0 Å². The summed E-state index contributed by atoms with van der Waals surface area (Å²) in [6, 6.07) is 0. The zero-order valence-corrected chi connectivity index (χ0v) is 7.89. The predicted octanol–water partition coefficient (Wildman–Crippen LogP) is -8.24. The van der Waals surface area contributed by atoms with Crippen LogP contribution < -0.4 is 63.2 Å². The van der Waals surface area contributed by atoms with E-state index in [0.29, 0.717) is 0 Å². The van der Waals surface area contributed by atoms with Crippen molar-refractivity contribution in [2.45, 2.75) is 0 Å². The molecule has 5 heteroatoms. The summed E-state index contributed by atoms with van der Waals surface area (Å²) in [5, 5.41) is 0. The molecule has 2 nitrogen and oxygen atoms in total. The Bertz CT molecular complexity index is 4.85. The fourth-order valence-corrected chi connectivity index (χ4v) is 0. The van der Waals surface area contributed by atoms with Crippen LogP contribution >= 0.6 is 0 Å². The predicted molar refractivity (Wildman–Crippen MR) is 12.0 cm³/mol. The topological polar surface area (TPSA) is 73.0 Å². The third-order valence-corrected chi connectivity index (χ3v) is 0. The van der Waals surface area contributed by atoms with E-state index in [9.17, 15) is 0 Å². The van der Waals surface area contributed by atoms with Crippen molar-refractivity contribution >= 4 is 0 Å². The van der Waals surface area contributed by atoms with Crippen LogP contribution in [0.4, 0.5) is 0 Å². The zero-order valence-electron chi connectivity index (χ0n) is 3.13. The minimum absolute atomic E-state index is 0. The third kappa shape index (κ3) is 32.7. The maximum absolute atomic E-state index is 0. The van der Waals surface area contributed by atoms with E-state index in [4.69, 9.17) is 0 Å². The fourth-order valence-electron chi connectivity index (χ4n) is 0. The Labute approximate surface area is 63.2 Å². The van der Waals surface area contributed by atoms with Gasteiger partial charge in [0.25, 0.3) is 0 Å². The summed E-state index contributed by atoms with van der Waals surface area (Å²) in [6.45, 7) is 0. The Morgan fingerprint density at radius 1 is 0.400 bits per heavy atom. The first-order chi connectivity index (χ1) is 0. The number of quaternary nitrogens is 2. The van der Waals surface area contributed by atoms with Crippen molar-refractivity contribution in [3.63, 3.8) is 0 Å². The van der Waals surface area contributed by atoms with Gasteiger partial charge in [0.05, 0.1) is 0 Å². The molecule has 0 aliphatic rings. The molecular weight excluding hydrogens is 268 g/mol. The van der Waals surface area contributed by atoms with E-state index in [0.717, 1.165) is 0 Å². The molecule has 0 bridgehead atoms.